The summed E-state index contributed by atoms with van der Waals surface area (Å²) in [6.07, 6.45) is 6.26. The van der Waals surface area contributed by atoms with E-state index in [1.165, 1.54) is 25.7 Å². The van der Waals surface area contributed by atoms with E-state index in [1.54, 1.807) is 0 Å². The summed E-state index contributed by atoms with van der Waals surface area (Å²) in [7, 11) is 0. The maximum absolute atomic E-state index is 8.45. The summed E-state index contributed by atoms with van der Waals surface area (Å²) in [5.41, 5.74) is 0. The summed E-state index contributed by atoms with van der Waals surface area (Å²) < 4.78 is 0. The monoisotopic (exact) mass is 167 g/mol. The zero-order valence-electron chi connectivity index (χ0n) is 8.64. The standard InChI is InChI=1S/C9H15N.C2H6/c1-8(6-7-10)9-4-2-3-5-9;1-2/h8-9H,2-6H2,1H3;1-2H3. The molecule has 1 fully saturated rings. The number of hydrogen-bond donors (Lipinski definition) is 0. The second-order valence-corrected chi connectivity index (χ2v) is 3.38. The van der Waals surface area contributed by atoms with Crippen molar-refractivity contribution in [3.05, 3.63) is 0 Å². The fraction of sp³-hybridized carbons (Fsp3) is 0.909. The second kappa shape index (κ2) is 7.16. The van der Waals surface area contributed by atoms with Crippen LogP contribution in [0.4, 0.5) is 0 Å². The molecular formula is C11H21N. The molecule has 1 rings (SSSR count). The van der Waals surface area contributed by atoms with Gasteiger partial charge in [0.05, 0.1) is 6.07 Å². The molecule has 0 aromatic heterocycles. The van der Waals surface area contributed by atoms with Gasteiger partial charge < -0.3 is 0 Å². The van der Waals surface area contributed by atoms with Crippen LogP contribution in [0.3, 0.4) is 0 Å². The Morgan fingerprint density at radius 3 is 2.25 bits per heavy atom. The Morgan fingerprint density at radius 2 is 1.83 bits per heavy atom. The van der Waals surface area contributed by atoms with Crippen molar-refractivity contribution in [2.45, 2.75) is 52.9 Å². The summed E-state index contributed by atoms with van der Waals surface area (Å²) >= 11 is 0. The van der Waals surface area contributed by atoms with Gasteiger partial charge in [0.15, 0.2) is 0 Å². The van der Waals surface area contributed by atoms with Gasteiger partial charge in [-0.05, 0) is 11.8 Å². The minimum atomic E-state index is 0.646. The zero-order chi connectivity index (χ0) is 9.40. The molecule has 0 aromatic rings. The van der Waals surface area contributed by atoms with Gasteiger partial charge in [0.25, 0.3) is 0 Å². The topological polar surface area (TPSA) is 23.8 Å². The van der Waals surface area contributed by atoms with E-state index < -0.39 is 0 Å². The molecule has 0 radical (unpaired) electrons. The Labute approximate surface area is 76.8 Å². The van der Waals surface area contributed by atoms with Crippen LogP contribution in [0.5, 0.6) is 0 Å². The molecular weight excluding hydrogens is 146 g/mol. The Balaban J connectivity index is 0.000000561. The Bertz CT molecular complexity index is 128. The van der Waals surface area contributed by atoms with E-state index in [9.17, 15) is 0 Å². The van der Waals surface area contributed by atoms with E-state index in [0.29, 0.717) is 5.92 Å². The van der Waals surface area contributed by atoms with Crippen molar-refractivity contribution in [2.24, 2.45) is 11.8 Å². The highest BCUT2D eigenvalue weighted by Gasteiger charge is 2.20. The first-order valence-electron chi connectivity index (χ1n) is 5.21. The third-order valence-electron chi connectivity index (χ3n) is 2.62. The molecule has 0 bridgehead atoms. The van der Waals surface area contributed by atoms with Crippen molar-refractivity contribution in [1.82, 2.24) is 0 Å². The van der Waals surface area contributed by atoms with Crippen LogP contribution in [-0.4, -0.2) is 0 Å². The molecule has 0 aliphatic heterocycles. The third-order valence-corrected chi connectivity index (χ3v) is 2.62. The summed E-state index contributed by atoms with van der Waals surface area (Å²) in [6, 6.07) is 2.24. The number of rotatable bonds is 2. The Hall–Kier alpha value is -0.510. The van der Waals surface area contributed by atoms with Gasteiger partial charge in [0.2, 0.25) is 0 Å². The average molecular weight is 167 g/mol. The van der Waals surface area contributed by atoms with Crippen molar-refractivity contribution in [1.29, 1.82) is 5.26 Å². The van der Waals surface area contributed by atoms with E-state index in [-0.39, 0.29) is 0 Å². The van der Waals surface area contributed by atoms with Gasteiger partial charge in [-0.2, -0.15) is 5.26 Å². The minimum Gasteiger partial charge on any atom is -0.198 e. The molecule has 0 N–H and O–H groups in total. The molecule has 1 heteroatoms. The van der Waals surface area contributed by atoms with Crippen LogP contribution < -0.4 is 0 Å². The first-order chi connectivity index (χ1) is 5.84. The first kappa shape index (κ1) is 11.5. The lowest BCUT2D eigenvalue weighted by atomic mass is 9.90. The lowest BCUT2D eigenvalue weighted by Crippen LogP contribution is -2.05. The maximum Gasteiger partial charge on any atom is 0.0624 e. The molecule has 1 atom stereocenters. The largest absolute Gasteiger partial charge is 0.198 e. The quantitative estimate of drug-likeness (QED) is 0.614. The molecule has 0 amide bonds. The number of nitriles is 1. The van der Waals surface area contributed by atoms with E-state index >= 15 is 0 Å². The van der Waals surface area contributed by atoms with Crippen LogP contribution in [0, 0.1) is 23.2 Å². The molecule has 1 aliphatic rings. The number of hydrogen-bond acceptors (Lipinski definition) is 1. The normalized spacial score (nSPS) is 19.2. The van der Waals surface area contributed by atoms with Crippen LogP contribution in [0.1, 0.15) is 52.9 Å². The van der Waals surface area contributed by atoms with Gasteiger partial charge in [-0.25, -0.2) is 0 Å². The summed E-state index contributed by atoms with van der Waals surface area (Å²) in [4.78, 5) is 0. The zero-order valence-corrected chi connectivity index (χ0v) is 8.64. The Kier molecular flexibility index (Phi) is 6.85. The number of nitrogens with zero attached hydrogens (tertiary/aromatic N) is 1. The molecule has 1 aliphatic carbocycles. The molecule has 0 heterocycles. The minimum absolute atomic E-state index is 0.646. The highest BCUT2D eigenvalue weighted by Crippen LogP contribution is 2.32. The molecule has 0 aromatic carbocycles. The fourth-order valence-electron chi connectivity index (χ4n) is 1.84. The molecule has 1 saturated carbocycles. The van der Waals surface area contributed by atoms with Crippen molar-refractivity contribution >= 4 is 0 Å². The SMILES string of the molecule is CC.CC(CC#N)C1CCCC1. The van der Waals surface area contributed by atoms with Crippen molar-refractivity contribution in [2.75, 3.05) is 0 Å². The fourth-order valence-corrected chi connectivity index (χ4v) is 1.84. The molecule has 1 unspecified atom stereocenters. The van der Waals surface area contributed by atoms with Crippen LogP contribution in [0.15, 0.2) is 0 Å². The predicted octanol–water partition coefficient (Wildman–Crippen LogP) is 3.75. The van der Waals surface area contributed by atoms with Gasteiger partial charge in [-0.15, -0.1) is 0 Å². The van der Waals surface area contributed by atoms with Gasteiger partial charge in [0.1, 0.15) is 0 Å². The van der Waals surface area contributed by atoms with Gasteiger partial charge in [-0.3, -0.25) is 0 Å². The summed E-state index contributed by atoms with van der Waals surface area (Å²) in [5.74, 6) is 1.51. The van der Waals surface area contributed by atoms with Crippen molar-refractivity contribution in [3.8, 4) is 6.07 Å². The van der Waals surface area contributed by atoms with Crippen LogP contribution >= 0.6 is 0 Å². The Morgan fingerprint density at radius 1 is 1.33 bits per heavy atom. The lowest BCUT2D eigenvalue weighted by molar-refractivity contribution is 0.373. The molecule has 0 saturated heterocycles. The van der Waals surface area contributed by atoms with E-state index in [4.69, 9.17) is 5.26 Å². The van der Waals surface area contributed by atoms with Gasteiger partial charge in [-0.1, -0.05) is 46.5 Å². The van der Waals surface area contributed by atoms with Crippen LogP contribution in [0.2, 0.25) is 0 Å². The van der Waals surface area contributed by atoms with Gasteiger partial charge >= 0.3 is 0 Å². The molecule has 12 heavy (non-hydrogen) atoms. The van der Waals surface area contributed by atoms with Gasteiger partial charge in [0, 0.05) is 6.42 Å². The molecule has 0 spiro atoms. The van der Waals surface area contributed by atoms with E-state index in [0.717, 1.165) is 12.3 Å². The van der Waals surface area contributed by atoms with E-state index in [1.807, 2.05) is 13.8 Å². The maximum atomic E-state index is 8.45. The molecule has 70 valence electrons. The van der Waals surface area contributed by atoms with Crippen LogP contribution in [-0.2, 0) is 0 Å². The first-order valence-corrected chi connectivity index (χ1v) is 5.21. The average Bonchev–Trinajstić information content (AvgIpc) is 2.60. The second-order valence-electron chi connectivity index (χ2n) is 3.38. The highest BCUT2D eigenvalue weighted by atomic mass is 14.3. The summed E-state index contributed by atoms with van der Waals surface area (Å²) in [5, 5.41) is 8.45. The van der Waals surface area contributed by atoms with Crippen molar-refractivity contribution < 1.29 is 0 Å². The molecule has 1 nitrogen and oxygen atoms in total. The third kappa shape index (κ3) is 3.76. The summed E-state index contributed by atoms with van der Waals surface area (Å²) in [6.45, 7) is 6.21. The van der Waals surface area contributed by atoms with E-state index in [2.05, 4.69) is 13.0 Å². The lowest BCUT2D eigenvalue weighted by Gasteiger charge is -2.14. The highest BCUT2D eigenvalue weighted by molar-refractivity contribution is 4.80. The van der Waals surface area contributed by atoms with Crippen molar-refractivity contribution in [3.63, 3.8) is 0 Å². The predicted molar refractivity (Wildman–Crippen MR) is 52.7 cm³/mol. The smallest absolute Gasteiger partial charge is 0.0624 e. The van der Waals surface area contributed by atoms with Crippen LogP contribution in [0.25, 0.3) is 0 Å².